The minimum atomic E-state index is -0.332. The SMILES string of the molecule is CCOC(=O)CCNC(=O)N1CCn2cccc2[C@@H]1c1ccc(Cl)cc1Cl. The van der Waals surface area contributed by atoms with Crippen LogP contribution in [0.4, 0.5) is 4.79 Å². The van der Waals surface area contributed by atoms with Crippen LogP contribution in [-0.4, -0.2) is 41.2 Å². The van der Waals surface area contributed by atoms with E-state index in [0.717, 1.165) is 11.3 Å². The van der Waals surface area contributed by atoms with E-state index in [9.17, 15) is 9.59 Å². The fourth-order valence-electron chi connectivity index (χ4n) is 3.26. The zero-order valence-corrected chi connectivity index (χ0v) is 16.5. The van der Waals surface area contributed by atoms with Crippen molar-refractivity contribution in [1.82, 2.24) is 14.8 Å². The first-order valence-corrected chi connectivity index (χ1v) is 9.57. The van der Waals surface area contributed by atoms with E-state index in [4.69, 9.17) is 27.9 Å². The van der Waals surface area contributed by atoms with Gasteiger partial charge in [0.1, 0.15) is 6.04 Å². The van der Waals surface area contributed by atoms with Crippen LogP contribution >= 0.6 is 23.2 Å². The second-order valence-electron chi connectivity index (χ2n) is 6.18. The highest BCUT2D eigenvalue weighted by atomic mass is 35.5. The van der Waals surface area contributed by atoms with E-state index in [0.29, 0.717) is 29.7 Å². The lowest BCUT2D eigenvalue weighted by Gasteiger charge is -2.37. The van der Waals surface area contributed by atoms with Crippen LogP contribution in [0.1, 0.15) is 30.6 Å². The number of nitrogens with zero attached hydrogens (tertiary/aromatic N) is 2. The molecule has 0 radical (unpaired) electrons. The summed E-state index contributed by atoms with van der Waals surface area (Å²) in [5.41, 5.74) is 1.78. The molecule has 27 heavy (non-hydrogen) atoms. The predicted octanol–water partition coefficient (Wildman–Crippen LogP) is 3.86. The Labute approximate surface area is 168 Å². The number of ether oxygens (including phenoxy) is 1. The summed E-state index contributed by atoms with van der Waals surface area (Å²) in [6, 6.07) is 8.64. The van der Waals surface area contributed by atoms with Gasteiger partial charge in [0.25, 0.3) is 0 Å². The third-order valence-electron chi connectivity index (χ3n) is 4.47. The second-order valence-corrected chi connectivity index (χ2v) is 7.02. The van der Waals surface area contributed by atoms with E-state index in [2.05, 4.69) is 9.88 Å². The molecule has 2 amide bonds. The minimum absolute atomic E-state index is 0.135. The summed E-state index contributed by atoms with van der Waals surface area (Å²) < 4.78 is 6.99. The summed E-state index contributed by atoms with van der Waals surface area (Å²) in [7, 11) is 0. The number of benzene rings is 1. The summed E-state index contributed by atoms with van der Waals surface area (Å²) in [4.78, 5) is 26.0. The Morgan fingerprint density at radius 2 is 2.07 bits per heavy atom. The normalized spacial score (nSPS) is 16.0. The number of nitrogens with one attached hydrogen (secondary N) is 1. The maximum atomic E-state index is 12.8. The topological polar surface area (TPSA) is 63.6 Å². The molecule has 0 saturated carbocycles. The highest BCUT2D eigenvalue weighted by molar-refractivity contribution is 6.35. The molecule has 2 heterocycles. The largest absolute Gasteiger partial charge is 0.466 e. The first-order valence-electron chi connectivity index (χ1n) is 8.81. The van der Waals surface area contributed by atoms with E-state index in [1.807, 2.05) is 24.4 Å². The van der Waals surface area contributed by atoms with Crippen LogP contribution in [0.2, 0.25) is 10.0 Å². The number of hydrogen-bond acceptors (Lipinski definition) is 3. The molecule has 0 unspecified atom stereocenters. The van der Waals surface area contributed by atoms with Gasteiger partial charge in [-0.1, -0.05) is 29.3 Å². The fraction of sp³-hybridized carbons (Fsp3) is 0.368. The second kappa shape index (κ2) is 8.67. The molecule has 3 rings (SSSR count). The van der Waals surface area contributed by atoms with E-state index >= 15 is 0 Å². The van der Waals surface area contributed by atoms with Gasteiger partial charge in [0, 0.05) is 41.6 Å². The fourth-order valence-corrected chi connectivity index (χ4v) is 3.77. The van der Waals surface area contributed by atoms with Gasteiger partial charge in [-0.2, -0.15) is 0 Å². The van der Waals surface area contributed by atoms with Gasteiger partial charge in [0.2, 0.25) is 0 Å². The number of esters is 1. The monoisotopic (exact) mass is 409 g/mol. The van der Waals surface area contributed by atoms with Gasteiger partial charge in [-0.05, 0) is 36.8 Å². The third kappa shape index (κ3) is 4.39. The maximum Gasteiger partial charge on any atom is 0.318 e. The lowest BCUT2D eigenvalue weighted by Crippen LogP contribution is -2.47. The summed E-state index contributed by atoms with van der Waals surface area (Å²) in [5.74, 6) is -0.331. The number of rotatable bonds is 5. The molecular formula is C19H21Cl2N3O3. The van der Waals surface area contributed by atoms with Gasteiger partial charge in [-0.25, -0.2) is 4.79 Å². The molecule has 1 aliphatic rings. The Morgan fingerprint density at radius 1 is 1.26 bits per heavy atom. The Kier molecular flexibility index (Phi) is 6.29. The van der Waals surface area contributed by atoms with Gasteiger partial charge >= 0.3 is 12.0 Å². The maximum absolute atomic E-state index is 12.8. The molecule has 1 N–H and O–H groups in total. The standard InChI is InChI=1S/C19H21Cl2N3O3/c1-2-27-17(25)7-8-22-19(26)24-11-10-23-9-3-4-16(23)18(24)14-6-5-13(20)12-15(14)21/h3-6,9,12,18H,2,7-8,10-11H2,1H3,(H,22,26)/t18-/m0/s1. The van der Waals surface area contributed by atoms with Crippen LogP contribution in [0, 0.1) is 0 Å². The van der Waals surface area contributed by atoms with Gasteiger partial charge < -0.3 is 19.5 Å². The molecule has 144 valence electrons. The number of urea groups is 1. The third-order valence-corrected chi connectivity index (χ3v) is 5.03. The van der Waals surface area contributed by atoms with E-state index in [1.54, 1.807) is 24.0 Å². The van der Waals surface area contributed by atoms with Crippen LogP contribution in [0.15, 0.2) is 36.5 Å². The molecule has 1 aromatic heterocycles. The number of aromatic nitrogens is 1. The highest BCUT2D eigenvalue weighted by Gasteiger charge is 2.33. The average molecular weight is 410 g/mol. The summed E-state index contributed by atoms with van der Waals surface area (Å²) >= 11 is 12.5. The number of amides is 2. The summed E-state index contributed by atoms with van der Waals surface area (Å²) in [5, 5.41) is 3.85. The Hall–Kier alpha value is -2.18. The van der Waals surface area contributed by atoms with Gasteiger partial charge in [-0.3, -0.25) is 4.79 Å². The molecule has 0 aliphatic carbocycles. The van der Waals surface area contributed by atoms with Gasteiger partial charge in [-0.15, -0.1) is 0 Å². The van der Waals surface area contributed by atoms with Gasteiger partial charge in [0.15, 0.2) is 0 Å². The Morgan fingerprint density at radius 3 is 2.81 bits per heavy atom. The van der Waals surface area contributed by atoms with Crippen molar-refractivity contribution >= 4 is 35.2 Å². The number of halogens is 2. The number of carbonyl (C=O) groups excluding carboxylic acids is 2. The molecule has 0 fully saturated rings. The molecule has 6 nitrogen and oxygen atoms in total. The molecule has 1 atom stereocenters. The lowest BCUT2D eigenvalue weighted by atomic mass is 10.00. The molecular weight excluding hydrogens is 389 g/mol. The van der Waals surface area contributed by atoms with Crippen molar-refractivity contribution < 1.29 is 14.3 Å². The van der Waals surface area contributed by atoms with Crippen molar-refractivity contribution in [1.29, 1.82) is 0 Å². The molecule has 0 saturated heterocycles. The van der Waals surface area contributed by atoms with Crippen molar-refractivity contribution in [2.75, 3.05) is 19.7 Å². The predicted molar refractivity (Wildman–Crippen MR) is 104 cm³/mol. The van der Waals surface area contributed by atoms with Crippen molar-refractivity contribution in [3.05, 3.63) is 57.8 Å². The first kappa shape index (κ1) is 19.6. The first-order chi connectivity index (χ1) is 13.0. The molecule has 2 aromatic rings. The Bertz CT molecular complexity index is 837. The summed E-state index contributed by atoms with van der Waals surface area (Å²) in [6.45, 7) is 3.51. The quantitative estimate of drug-likeness (QED) is 0.762. The molecule has 8 heteroatoms. The van der Waals surface area contributed by atoms with E-state index in [-0.39, 0.29) is 31.0 Å². The lowest BCUT2D eigenvalue weighted by molar-refractivity contribution is -0.142. The number of fused-ring (bicyclic) bond motifs is 1. The van der Waals surface area contributed by atoms with Crippen LogP contribution in [0.5, 0.6) is 0 Å². The number of carbonyl (C=O) groups is 2. The smallest absolute Gasteiger partial charge is 0.318 e. The molecule has 0 bridgehead atoms. The van der Waals surface area contributed by atoms with Crippen LogP contribution < -0.4 is 5.32 Å². The van der Waals surface area contributed by atoms with E-state index in [1.165, 1.54) is 0 Å². The number of hydrogen-bond donors (Lipinski definition) is 1. The zero-order chi connectivity index (χ0) is 19.4. The van der Waals surface area contributed by atoms with Crippen molar-refractivity contribution in [2.45, 2.75) is 25.9 Å². The van der Waals surface area contributed by atoms with E-state index < -0.39 is 0 Å². The molecule has 1 aromatic carbocycles. The van der Waals surface area contributed by atoms with Crippen LogP contribution in [0.25, 0.3) is 0 Å². The minimum Gasteiger partial charge on any atom is -0.466 e. The van der Waals surface area contributed by atoms with Crippen molar-refractivity contribution in [3.8, 4) is 0 Å². The van der Waals surface area contributed by atoms with Crippen LogP contribution in [0.3, 0.4) is 0 Å². The Balaban J connectivity index is 1.81. The molecule has 0 spiro atoms. The summed E-state index contributed by atoms with van der Waals surface area (Å²) in [6.07, 6.45) is 2.12. The van der Waals surface area contributed by atoms with Crippen molar-refractivity contribution in [3.63, 3.8) is 0 Å². The molecule has 1 aliphatic heterocycles. The van der Waals surface area contributed by atoms with Gasteiger partial charge in [0.05, 0.1) is 13.0 Å². The average Bonchev–Trinajstić information content (AvgIpc) is 3.10. The van der Waals surface area contributed by atoms with Crippen LogP contribution in [-0.2, 0) is 16.1 Å². The van der Waals surface area contributed by atoms with Crippen molar-refractivity contribution in [2.24, 2.45) is 0 Å². The highest BCUT2D eigenvalue weighted by Crippen LogP contribution is 2.37. The zero-order valence-electron chi connectivity index (χ0n) is 15.0.